The molecule has 2 aromatic rings. The Morgan fingerprint density at radius 3 is 1.96 bits per heavy atom. The fraction of sp³-hybridized carbons (Fsp3) is 0.300. The first-order valence-electron chi connectivity index (χ1n) is 8.37. The van der Waals surface area contributed by atoms with E-state index in [-0.39, 0.29) is 12.8 Å². The minimum Gasteiger partial charge on any atom is -0.363 e. The number of methoxy groups -OCH3 is 1. The molecule has 1 heterocycles. The summed E-state index contributed by atoms with van der Waals surface area (Å²) in [5.41, 5.74) is -1.93. The second-order valence-corrected chi connectivity index (χ2v) is 6.49. The van der Waals surface area contributed by atoms with Crippen LogP contribution in [0.3, 0.4) is 0 Å². The van der Waals surface area contributed by atoms with Gasteiger partial charge in [-0.25, -0.2) is 0 Å². The van der Waals surface area contributed by atoms with E-state index >= 15 is 0 Å². The molecule has 6 heteroatoms. The number of carbonyl (C=O) groups is 2. The normalized spacial score (nSPS) is 25.9. The molecular weight excluding hydrogens is 332 g/mol. The van der Waals surface area contributed by atoms with Crippen molar-refractivity contribution in [2.24, 2.45) is 0 Å². The van der Waals surface area contributed by atoms with E-state index in [1.54, 1.807) is 12.1 Å². The van der Waals surface area contributed by atoms with Gasteiger partial charge in [-0.2, -0.15) is 0 Å². The van der Waals surface area contributed by atoms with E-state index in [9.17, 15) is 14.7 Å². The molecule has 0 bridgehead atoms. The summed E-state index contributed by atoms with van der Waals surface area (Å²) in [4.78, 5) is 27.1. The summed E-state index contributed by atoms with van der Waals surface area (Å²) in [6.07, 6.45) is 0.160. The standard InChI is InChI=1S/C20H22N2O4/c1-22-18(24)19(25,13-15-9-5-3-6-10-15)21-17(23)20(22,26-2)14-16-11-7-4-8-12-16/h3-12,25H,13-14H2,1-2H3,(H,21,23). The smallest absolute Gasteiger partial charge is 0.278 e. The average Bonchev–Trinajstić information content (AvgIpc) is 2.65. The summed E-state index contributed by atoms with van der Waals surface area (Å²) in [6, 6.07) is 18.3. The van der Waals surface area contributed by atoms with Crippen LogP contribution in [0.25, 0.3) is 0 Å². The molecule has 2 aromatic carbocycles. The summed E-state index contributed by atoms with van der Waals surface area (Å²) in [6.45, 7) is 0. The van der Waals surface area contributed by atoms with Crippen molar-refractivity contribution in [3.63, 3.8) is 0 Å². The number of carbonyl (C=O) groups excluding carboxylic acids is 2. The van der Waals surface area contributed by atoms with Gasteiger partial charge in [0, 0.05) is 27.0 Å². The molecular formula is C20H22N2O4. The van der Waals surface area contributed by atoms with Gasteiger partial charge in [0.05, 0.1) is 0 Å². The Morgan fingerprint density at radius 1 is 0.962 bits per heavy atom. The summed E-state index contributed by atoms with van der Waals surface area (Å²) >= 11 is 0. The summed E-state index contributed by atoms with van der Waals surface area (Å²) in [7, 11) is 2.86. The Balaban J connectivity index is 1.90. The maximum absolute atomic E-state index is 12.9. The minimum atomic E-state index is -2.01. The van der Waals surface area contributed by atoms with Crippen molar-refractivity contribution < 1.29 is 19.4 Å². The van der Waals surface area contributed by atoms with Crippen LogP contribution in [0.2, 0.25) is 0 Å². The Labute approximate surface area is 152 Å². The Kier molecular flexibility index (Phi) is 4.80. The van der Waals surface area contributed by atoms with E-state index in [4.69, 9.17) is 4.74 Å². The van der Waals surface area contributed by atoms with Crippen molar-refractivity contribution >= 4 is 11.8 Å². The first-order valence-corrected chi connectivity index (χ1v) is 8.37. The molecule has 6 nitrogen and oxygen atoms in total. The lowest BCUT2D eigenvalue weighted by Crippen LogP contribution is -2.76. The average molecular weight is 354 g/mol. The Morgan fingerprint density at radius 2 is 1.46 bits per heavy atom. The lowest BCUT2D eigenvalue weighted by atomic mass is 9.92. The second kappa shape index (κ2) is 6.90. The van der Waals surface area contributed by atoms with Crippen LogP contribution in [0.15, 0.2) is 60.7 Å². The maximum Gasteiger partial charge on any atom is 0.278 e. The van der Waals surface area contributed by atoms with Crippen molar-refractivity contribution in [3.8, 4) is 0 Å². The van der Waals surface area contributed by atoms with Gasteiger partial charge in [-0.3, -0.25) is 9.59 Å². The highest BCUT2D eigenvalue weighted by molar-refractivity contribution is 6.00. The van der Waals surface area contributed by atoms with Gasteiger partial charge in [0.2, 0.25) is 11.4 Å². The molecule has 0 radical (unpaired) electrons. The van der Waals surface area contributed by atoms with E-state index in [2.05, 4.69) is 5.32 Å². The topological polar surface area (TPSA) is 78.9 Å². The number of nitrogens with one attached hydrogen (secondary N) is 1. The van der Waals surface area contributed by atoms with Crippen molar-refractivity contribution in [1.29, 1.82) is 0 Å². The molecule has 0 aliphatic carbocycles. The molecule has 136 valence electrons. The molecule has 26 heavy (non-hydrogen) atoms. The van der Waals surface area contributed by atoms with Gasteiger partial charge in [0.1, 0.15) is 0 Å². The van der Waals surface area contributed by atoms with Gasteiger partial charge in [0.15, 0.2) is 0 Å². The molecule has 1 aliphatic rings. The molecule has 1 aliphatic heterocycles. The first kappa shape index (κ1) is 18.1. The molecule has 0 aromatic heterocycles. The highest BCUT2D eigenvalue weighted by Crippen LogP contribution is 2.30. The zero-order valence-electron chi connectivity index (χ0n) is 14.8. The lowest BCUT2D eigenvalue weighted by molar-refractivity contribution is -0.208. The van der Waals surface area contributed by atoms with Gasteiger partial charge >= 0.3 is 0 Å². The van der Waals surface area contributed by atoms with Crippen LogP contribution < -0.4 is 5.32 Å². The number of ether oxygens (including phenoxy) is 1. The summed E-state index contributed by atoms with van der Waals surface area (Å²) in [5.74, 6) is -1.16. The first-order chi connectivity index (χ1) is 12.4. The number of likely N-dealkylation sites (N-methyl/N-ethyl adjacent to an activating group) is 1. The monoisotopic (exact) mass is 354 g/mol. The number of hydrogen-bond acceptors (Lipinski definition) is 4. The predicted molar refractivity (Wildman–Crippen MR) is 95.9 cm³/mol. The lowest BCUT2D eigenvalue weighted by Gasteiger charge is -2.48. The van der Waals surface area contributed by atoms with E-state index in [0.29, 0.717) is 0 Å². The number of hydrogen-bond donors (Lipinski definition) is 2. The Hall–Kier alpha value is -2.70. The largest absolute Gasteiger partial charge is 0.363 e. The minimum absolute atomic E-state index is 0.0200. The fourth-order valence-corrected chi connectivity index (χ4v) is 3.32. The summed E-state index contributed by atoms with van der Waals surface area (Å²) < 4.78 is 5.50. The third-order valence-corrected chi connectivity index (χ3v) is 4.80. The molecule has 0 saturated carbocycles. The van der Waals surface area contributed by atoms with Crippen LogP contribution in [0.4, 0.5) is 0 Å². The quantitative estimate of drug-likeness (QED) is 0.843. The number of benzene rings is 2. The van der Waals surface area contributed by atoms with Crippen LogP contribution in [-0.4, -0.2) is 47.4 Å². The zero-order valence-corrected chi connectivity index (χ0v) is 14.8. The number of aliphatic hydroxyl groups is 1. The van der Waals surface area contributed by atoms with Gasteiger partial charge in [0.25, 0.3) is 11.8 Å². The molecule has 0 spiro atoms. The third kappa shape index (κ3) is 3.09. The second-order valence-electron chi connectivity index (χ2n) is 6.49. The van der Waals surface area contributed by atoms with Crippen molar-refractivity contribution in [2.75, 3.05) is 14.2 Å². The van der Waals surface area contributed by atoms with Gasteiger partial charge in [-0.05, 0) is 11.1 Å². The van der Waals surface area contributed by atoms with Crippen LogP contribution in [0, 0.1) is 0 Å². The van der Waals surface area contributed by atoms with Crippen LogP contribution in [0.5, 0.6) is 0 Å². The van der Waals surface area contributed by atoms with Crippen LogP contribution in [0.1, 0.15) is 11.1 Å². The predicted octanol–water partition coefficient (Wildman–Crippen LogP) is 1.09. The molecule has 2 unspecified atom stereocenters. The van der Waals surface area contributed by atoms with Crippen molar-refractivity contribution in [3.05, 3.63) is 71.8 Å². The number of nitrogens with zero attached hydrogens (tertiary/aromatic N) is 1. The fourth-order valence-electron chi connectivity index (χ4n) is 3.32. The van der Waals surface area contributed by atoms with Gasteiger partial charge in [-0.15, -0.1) is 0 Å². The zero-order chi connectivity index (χ0) is 18.8. The van der Waals surface area contributed by atoms with Crippen LogP contribution >= 0.6 is 0 Å². The number of amides is 2. The SMILES string of the molecule is COC1(Cc2ccccc2)C(=O)NC(O)(Cc2ccccc2)C(=O)N1C. The molecule has 1 fully saturated rings. The maximum atomic E-state index is 12.9. The van der Waals surface area contributed by atoms with Crippen molar-refractivity contribution in [2.45, 2.75) is 24.3 Å². The number of rotatable bonds is 5. The van der Waals surface area contributed by atoms with Crippen LogP contribution in [-0.2, 0) is 27.2 Å². The summed E-state index contributed by atoms with van der Waals surface area (Å²) in [5, 5.41) is 13.3. The van der Waals surface area contributed by atoms with E-state index < -0.39 is 23.3 Å². The Bertz CT molecular complexity index is 796. The van der Waals surface area contributed by atoms with Crippen molar-refractivity contribution in [1.82, 2.24) is 10.2 Å². The highest BCUT2D eigenvalue weighted by atomic mass is 16.5. The van der Waals surface area contributed by atoms with E-state index in [1.807, 2.05) is 48.5 Å². The van der Waals surface area contributed by atoms with E-state index in [1.165, 1.54) is 19.1 Å². The third-order valence-electron chi connectivity index (χ3n) is 4.80. The van der Waals surface area contributed by atoms with Gasteiger partial charge < -0.3 is 20.1 Å². The van der Waals surface area contributed by atoms with Gasteiger partial charge in [-0.1, -0.05) is 60.7 Å². The molecule has 3 rings (SSSR count). The highest BCUT2D eigenvalue weighted by Gasteiger charge is 2.57. The molecule has 2 N–H and O–H groups in total. The van der Waals surface area contributed by atoms with E-state index in [0.717, 1.165) is 11.1 Å². The molecule has 2 amide bonds. The number of piperazine rings is 1. The molecule has 1 saturated heterocycles. The molecule has 2 atom stereocenters.